The van der Waals surface area contributed by atoms with E-state index < -0.39 is 0 Å². The van der Waals surface area contributed by atoms with Crippen molar-refractivity contribution in [2.75, 3.05) is 0 Å². The molecule has 0 saturated heterocycles. The monoisotopic (exact) mass is 368 g/mol. The highest BCUT2D eigenvalue weighted by molar-refractivity contribution is 5.79. The van der Waals surface area contributed by atoms with Crippen LogP contribution in [0.1, 0.15) is 56.9 Å². The Balaban J connectivity index is 1.25. The van der Waals surface area contributed by atoms with Gasteiger partial charge in [-0.25, -0.2) is 4.68 Å². The summed E-state index contributed by atoms with van der Waals surface area (Å²) in [5.74, 6) is 0.0996. The summed E-state index contributed by atoms with van der Waals surface area (Å²) in [6.07, 6.45) is 12.2. The van der Waals surface area contributed by atoms with Crippen LogP contribution >= 0.6 is 0 Å². The van der Waals surface area contributed by atoms with E-state index in [4.69, 9.17) is 0 Å². The van der Waals surface area contributed by atoms with E-state index in [0.29, 0.717) is 18.5 Å². The van der Waals surface area contributed by atoms with Gasteiger partial charge in [0.1, 0.15) is 6.33 Å². The van der Waals surface area contributed by atoms with Crippen LogP contribution in [0.15, 0.2) is 30.6 Å². The summed E-state index contributed by atoms with van der Waals surface area (Å²) in [4.78, 5) is 12.4. The second-order valence-electron chi connectivity index (χ2n) is 7.81. The fourth-order valence-electron chi connectivity index (χ4n) is 4.11. The lowest BCUT2D eigenvalue weighted by Crippen LogP contribution is -2.59. The summed E-state index contributed by atoms with van der Waals surface area (Å²) in [5, 5.41) is 18.2. The molecule has 1 aromatic carbocycles. The third-order valence-corrected chi connectivity index (χ3v) is 5.84. The highest BCUT2D eigenvalue weighted by Crippen LogP contribution is 2.24. The summed E-state index contributed by atoms with van der Waals surface area (Å²) in [5.41, 5.74) is 1.88. The maximum absolute atomic E-state index is 12.4. The second kappa shape index (κ2) is 8.61. The van der Waals surface area contributed by atoms with Gasteiger partial charge in [0.25, 0.3) is 0 Å². The number of amides is 1. The maximum Gasteiger partial charge on any atom is 0.224 e. The van der Waals surface area contributed by atoms with E-state index >= 15 is 0 Å². The minimum Gasteiger partial charge on any atom is -0.352 e. The van der Waals surface area contributed by atoms with Crippen LogP contribution in [-0.2, 0) is 11.2 Å². The molecule has 2 saturated carbocycles. The zero-order chi connectivity index (χ0) is 18.5. The Labute approximate surface area is 159 Å². The number of carbonyl (C=O) groups is 1. The molecule has 2 atom stereocenters. The number of nitrogens with one attached hydrogen (secondary N) is 2. The number of tetrazole rings is 1. The van der Waals surface area contributed by atoms with Crippen molar-refractivity contribution in [3.8, 4) is 5.69 Å². The Bertz CT molecular complexity index is 721. The summed E-state index contributed by atoms with van der Waals surface area (Å²) >= 11 is 0. The van der Waals surface area contributed by atoms with E-state index in [1.54, 1.807) is 11.0 Å². The molecular weight excluding hydrogens is 340 g/mol. The van der Waals surface area contributed by atoms with Crippen molar-refractivity contribution in [3.05, 3.63) is 36.2 Å². The molecule has 1 aromatic heterocycles. The third-order valence-electron chi connectivity index (χ3n) is 5.84. The average molecular weight is 368 g/mol. The third kappa shape index (κ3) is 4.71. The molecule has 7 heteroatoms. The zero-order valence-corrected chi connectivity index (χ0v) is 15.7. The Hall–Kier alpha value is -2.28. The number of nitrogens with zero attached hydrogens (tertiary/aromatic N) is 4. The molecule has 27 heavy (non-hydrogen) atoms. The molecule has 2 fully saturated rings. The second-order valence-corrected chi connectivity index (χ2v) is 7.81. The van der Waals surface area contributed by atoms with Gasteiger partial charge in [-0.1, -0.05) is 37.8 Å². The van der Waals surface area contributed by atoms with Crippen LogP contribution in [0.25, 0.3) is 5.69 Å². The average Bonchev–Trinajstić information content (AvgIpc) is 3.08. The van der Waals surface area contributed by atoms with Gasteiger partial charge in [0.2, 0.25) is 5.91 Å². The molecule has 1 heterocycles. The molecule has 0 unspecified atom stereocenters. The fraction of sp³-hybridized carbons (Fsp3) is 0.600. The molecule has 0 spiro atoms. The van der Waals surface area contributed by atoms with Crippen molar-refractivity contribution < 1.29 is 4.79 Å². The number of carbonyl (C=O) groups excluding carboxylic acids is 1. The van der Waals surface area contributed by atoms with E-state index in [2.05, 4.69) is 26.2 Å². The minimum absolute atomic E-state index is 0.0996. The van der Waals surface area contributed by atoms with Gasteiger partial charge in [0.05, 0.1) is 12.1 Å². The van der Waals surface area contributed by atoms with Crippen LogP contribution in [-0.4, -0.2) is 44.2 Å². The summed E-state index contributed by atoms with van der Waals surface area (Å²) in [6, 6.07) is 9.13. The SMILES string of the molecule is O=C(Cc1ccc(-n2cnnn2)cc1)N[C@@H]1CC[C@@H]1NC1CCCCCC1. The number of aromatic nitrogens is 4. The van der Waals surface area contributed by atoms with Crippen molar-refractivity contribution >= 4 is 5.91 Å². The van der Waals surface area contributed by atoms with Gasteiger partial charge >= 0.3 is 0 Å². The Morgan fingerprint density at radius 3 is 2.37 bits per heavy atom. The lowest BCUT2D eigenvalue weighted by molar-refractivity contribution is -0.122. The number of benzene rings is 1. The molecule has 0 radical (unpaired) electrons. The summed E-state index contributed by atoms with van der Waals surface area (Å²) < 4.78 is 1.60. The molecule has 1 amide bonds. The van der Waals surface area contributed by atoms with Crippen molar-refractivity contribution in [1.29, 1.82) is 0 Å². The van der Waals surface area contributed by atoms with Gasteiger partial charge in [-0.05, 0) is 53.8 Å². The highest BCUT2D eigenvalue weighted by Gasteiger charge is 2.33. The van der Waals surface area contributed by atoms with Crippen LogP contribution in [0.5, 0.6) is 0 Å². The standard InChI is InChI=1S/C20H28N6O/c27-20(13-15-7-9-17(10-8-15)26-14-21-24-25-26)23-19-12-11-18(19)22-16-5-3-1-2-4-6-16/h7-10,14,16,18-19,22H,1-6,11-13H2,(H,23,27)/t18-,19+/m0/s1. The lowest BCUT2D eigenvalue weighted by atomic mass is 9.85. The molecule has 2 N–H and O–H groups in total. The lowest BCUT2D eigenvalue weighted by Gasteiger charge is -2.40. The van der Waals surface area contributed by atoms with Crippen LogP contribution in [0.3, 0.4) is 0 Å². The van der Waals surface area contributed by atoms with Crippen molar-refractivity contribution in [2.24, 2.45) is 0 Å². The maximum atomic E-state index is 12.4. The smallest absolute Gasteiger partial charge is 0.224 e. The van der Waals surface area contributed by atoms with Gasteiger partial charge in [0, 0.05) is 18.1 Å². The molecule has 2 aliphatic rings. The molecule has 0 aliphatic heterocycles. The first-order valence-corrected chi connectivity index (χ1v) is 10.2. The molecule has 7 nitrogen and oxygen atoms in total. The Morgan fingerprint density at radius 2 is 1.74 bits per heavy atom. The molecule has 4 rings (SSSR count). The first kappa shape index (κ1) is 18.1. The number of hydrogen-bond donors (Lipinski definition) is 2. The largest absolute Gasteiger partial charge is 0.352 e. The predicted molar refractivity (Wildman–Crippen MR) is 102 cm³/mol. The van der Waals surface area contributed by atoms with Crippen molar-refractivity contribution in [1.82, 2.24) is 30.8 Å². The van der Waals surface area contributed by atoms with Crippen LogP contribution in [0.4, 0.5) is 0 Å². The molecule has 144 valence electrons. The van der Waals surface area contributed by atoms with Gasteiger partial charge in [-0.15, -0.1) is 5.10 Å². The zero-order valence-electron chi connectivity index (χ0n) is 15.7. The Morgan fingerprint density at radius 1 is 1.00 bits per heavy atom. The van der Waals surface area contributed by atoms with Gasteiger partial charge < -0.3 is 10.6 Å². The van der Waals surface area contributed by atoms with Gasteiger partial charge in [0.15, 0.2) is 0 Å². The van der Waals surface area contributed by atoms with E-state index in [-0.39, 0.29) is 11.9 Å². The van der Waals surface area contributed by atoms with Gasteiger partial charge in [-0.2, -0.15) is 0 Å². The first-order valence-electron chi connectivity index (χ1n) is 10.2. The fourth-order valence-corrected chi connectivity index (χ4v) is 4.11. The summed E-state index contributed by atoms with van der Waals surface area (Å²) in [6.45, 7) is 0. The highest BCUT2D eigenvalue weighted by atomic mass is 16.1. The quantitative estimate of drug-likeness (QED) is 0.764. The minimum atomic E-state index is 0.0996. The Kier molecular flexibility index (Phi) is 5.77. The van der Waals surface area contributed by atoms with Crippen molar-refractivity contribution in [2.45, 2.75) is 75.9 Å². The first-order chi connectivity index (χ1) is 13.3. The van der Waals surface area contributed by atoms with Crippen LogP contribution in [0, 0.1) is 0 Å². The predicted octanol–water partition coefficient (Wildman–Crippen LogP) is 2.16. The van der Waals surface area contributed by atoms with Crippen LogP contribution in [0.2, 0.25) is 0 Å². The van der Waals surface area contributed by atoms with E-state index in [1.807, 2.05) is 24.3 Å². The number of rotatable bonds is 6. The van der Waals surface area contributed by atoms with E-state index in [9.17, 15) is 4.79 Å². The summed E-state index contributed by atoms with van der Waals surface area (Å²) in [7, 11) is 0. The molecule has 2 aliphatic carbocycles. The molecule has 2 aromatic rings. The molecule has 0 bridgehead atoms. The van der Waals surface area contributed by atoms with Crippen LogP contribution < -0.4 is 10.6 Å². The number of hydrogen-bond acceptors (Lipinski definition) is 5. The normalized spacial score (nSPS) is 23.4. The topological polar surface area (TPSA) is 84.7 Å². The van der Waals surface area contributed by atoms with Gasteiger partial charge in [-0.3, -0.25) is 4.79 Å². The van der Waals surface area contributed by atoms with E-state index in [1.165, 1.54) is 44.9 Å². The van der Waals surface area contributed by atoms with Crippen molar-refractivity contribution in [3.63, 3.8) is 0 Å². The molecular formula is C20H28N6O. The van der Waals surface area contributed by atoms with E-state index in [0.717, 1.165) is 17.7 Å².